The van der Waals surface area contributed by atoms with Crippen molar-refractivity contribution in [1.82, 2.24) is 4.98 Å². The van der Waals surface area contributed by atoms with E-state index in [4.69, 9.17) is 28.3 Å². The van der Waals surface area contributed by atoms with Gasteiger partial charge in [-0.15, -0.1) is 0 Å². The largest absolute Gasteiger partial charge is 0.481 e. The highest BCUT2D eigenvalue weighted by molar-refractivity contribution is 6.42. The molecule has 0 saturated heterocycles. The van der Waals surface area contributed by atoms with E-state index < -0.39 is 10.9 Å². The van der Waals surface area contributed by atoms with E-state index >= 15 is 0 Å². The third-order valence-electron chi connectivity index (χ3n) is 3.16. The molecular weight excluding hydrogens is 371 g/mol. The quantitative estimate of drug-likeness (QED) is 0.467. The van der Waals surface area contributed by atoms with Crippen molar-refractivity contribution in [2.75, 3.05) is 17.2 Å². The second-order valence-corrected chi connectivity index (χ2v) is 5.81. The van der Waals surface area contributed by atoms with Gasteiger partial charge in [0.05, 0.1) is 21.4 Å². The summed E-state index contributed by atoms with van der Waals surface area (Å²) in [4.78, 5) is 25.1. The molecule has 0 amide bonds. The molecule has 25 heavy (non-hydrogen) atoms. The summed E-state index contributed by atoms with van der Waals surface area (Å²) in [6.07, 6.45) is -0.181. The first-order valence-corrected chi connectivity index (χ1v) is 7.91. The molecule has 2 aromatic rings. The fourth-order valence-corrected chi connectivity index (χ4v) is 2.28. The van der Waals surface area contributed by atoms with Crippen LogP contribution in [0.5, 0.6) is 0 Å². The Hall–Kier alpha value is -2.58. The van der Waals surface area contributed by atoms with E-state index in [2.05, 4.69) is 15.6 Å². The van der Waals surface area contributed by atoms with Gasteiger partial charge in [0.2, 0.25) is 5.82 Å². The van der Waals surface area contributed by atoms with Crippen LogP contribution >= 0.6 is 23.2 Å². The monoisotopic (exact) mass is 384 g/mol. The van der Waals surface area contributed by atoms with Crippen LogP contribution in [0.1, 0.15) is 12.0 Å². The predicted molar refractivity (Wildman–Crippen MR) is 95.4 cm³/mol. The molecule has 0 aliphatic heterocycles. The van der Waals surface area contributed by atoms with E-state index in [0.29, 0.717) is 22.4 Å². The van der Waals surface area contributed by atoms with Crippen molar-refractivity contribution in [3.63, 3.8) is 0 Å². The molecule has 0 saturated carbocycles. The summed E-state index contributed by atoms with van der Waals surface area (Å²) in [5, 5.41) is 26.3. The molecule has 0 radical (unpaired) electrons. The Morgan fingerprint density at radius 1 is 1.20 bits per heavy atom. The van der Waals surface area contributed by atoms with Crippen molar-refractivity contribution in [2.24, 2.45) is 0 Å². The number of pyridine rings is 1. The number of aliphatic carboxylic acids is 1. The minimum absolute atomic E-state index is 0.00499. The Morgan fingerprint density at radius 3 is 2.60 bits per heavy atom. The highest BCUT2D eigenvalue weighted by Gasteiger charge is 2.16. The number of nitro groups is 1. The molecule has 0 spiro atoms. The SMILES string of the molecule is O=C(O)CCNc1nc(NCc2ccc(Cl)c(Cl)c2)ccc1[N+](=O)[O-]. The molecule has 8 nitrogen and oxygen atoms in total. The lowest BCUT2D eigenvalue weighted by Gasteiger charge is -2.10. The maximum atomic E-state index is 11.0. The molecule has 0 bridgehead atoms. The number of aromatic nitrogens is 1. The van der Waals surface area contributed by atoms with E-state index in [1.54, 1.807) is 18.2 Å². The molecule has 0 unspecified atom stereocenters. The van der Waals surface area contributed by atoms with Crippen LogP contribution in [-0.4, -0.2) is 27.5 Å². The van der Waals surface area contributed by atoms with Crippen LogP contribution in [0.15, 0.2) is 30.3 Å². The van der Waals surface area contributed by atoms with Crippen molar-refractivity contribution in [1.29, 1.82) is 0 Å². The highest BCUT2D eigenvalue weighted by atomic mass is 35.5. The number of carboxylic acids is 1. The summed E-state index contributed by atoms with van der Waals surface area (Å²) in [5.41, 5.74) is 0.625. The van der Waals surface area contributed by atoms with Gasteiger partial charge in [0.1, 0.15) is 5.82 Å². The van der Waals surface area contributed by atoms with Crippen molar-refractivity contribution < 1.29 is 14.8 Å². The van der Waals surface area contributed by atoms with E-state index in [0.717, 1.165) is 5.56 Å². The van der Waals surface area contributed by atoms with Crippen molar-refractivity contribution >= 4 is 46.5 Å². The first-order chi connectivity index (χ1) is 11.9. The molecule has 3 N–H and O–H groups in total. The summed E-state index contributed by atoms with van der Waals surface area (Å²) in [6.45, 7) is 0.412. The van der Waals surface area contributed by atoms with Gasteiger partial charge in [-0.05, 0) is 23.8 Å². The zero-order valence-corrected chi connectivity index (χ0v) is 14.3. The number of anilines is 2. The molecule has 2 rings (SSSR count). The second-order valence-electron chi connectivity index (χ2n) is 4.99. The average Bonchev–Trinajstić information content (AvgIpc) is 2.55. The van der Waals surface area contributed by atoms with Crippen LogP contribution in [0, 0.1) is 10.1 Å². The molecule has 0 aliphatic carbocycles. The van der Waals surface area contributed by atoms with Gasteiger partial charge in [-0.25, -0.2) is 4.98 Å². The molecule has 0 atom stereocenters. The normalized spacial score (nSPS) is 10.3. The van der Waals surface area contributed by atoms with Crippen LogP contribution in [0.2, 0.25) is 10.0 Å². The lowest BCUT2D eigenvalue weighted by molar-refractivity contribution is -0.384. The summed E-state index contributed by atoms with van der Waals surface area (Å²) >= 11 is 11.8. The summed E-state index contributed by atoms with van der Waals surface area (Å²) in [5.74, 6) is -0.607. The summed E-state index contributed by atoms with van der Waals surface area (Å²) in [7, 11) is 0. The lowest BCUT2D eigenvalue weighted by atomic mass is 10.2. The first-order valence-electron chi connectivity index (χ1n) is 7.15. The minimum Gasteiger partial charge on any atom is -0.481 e. The molecule has 132 valence electrons. The zero-order valence-electron chi connectivity index (χ0n) is 12.8. The van der Waals surface area contributed by atoms with Crippen molar-refractivity contribution in [3.8, 4) is 0 Å². The van der Waals surface area contributed by atoms with Crippen molar-refractivity contribution in [2.45, 2.75) is 13.0 Å². The number of hydrogen-bond acceptors (Lipinski definition) is 6. The molecule has 0 fully saturated rings. The second kappa shape index (κ2) is 8.50. The summed E-state index contributed by atoms with van der Waals surface area (Å²) in [6, 6.07) is 7.93. The van der Waals surface area contributed by atoms with E-state index in [9.17, 15) is 14.9 Å². The average molecular weight is 385 g/mol. The maximum absolute atomic E-state index is 11.0. The number of rotatable bonds is 8. The summed E-state index contributed by atoms with van der Waals surface area (Å²) < 4.78 is 0. The zero-order chi connectivity index (χ0) is 18.4. The Labute approximate surface area is 152 Å². The molecule has 1 aromatic heterocycles. The highest BCUT2D eigenvalue weighted by Crippen LogP contribution is 2.25. The molecule has 0 aliphatic rings. The van der Waals surface area contributed by atoms with Crippen LogP contribution < -0.4 is 10.6 Å². The van der Waals surface area contributed by atoms with Gasteiger partial charge in [-0.1, -0.05) is 29.3 Å². The van der Waals surface area contributed by atoms with Gasteiger partial charge >= 0.3 is 11.7 Å². The Kier molecular flexibility index (Phi) is 6.37. The standard InChI is InChI=1S/C15H14Cl2N4O4/c16-10-2-1-9(7-11(10)17)8-19-13-4-3-12(21(24)25)15(20-13)18-6-5-14(22)23/h1-4,7H,5-6,8H2,(H,22,23)(H2,18,19,20). The number of carboxylic acid groups (broad SMARTS) is 1. The first kappa shape index (κ1) is 18.8. The Morgan fingerprint density at radius 2 is 1.96 bits per heavy atom. The molecule has 1 aromatic carbocycles. The topological polar surface area (TPSA) is 117 Å². The van der Waals surface area contributed by atoms with Gasteiger partial charge < -0.3 is 15.7 Å². The maximum Gasteiger partial charge on any atom is 0.311 e. The fourth-order valence-electron chi connectivity index (χ4n) is 1.96. The minimum atomic E-state index is -1.01. The van der Waals surface area contributed by atoms with Gasteiger partial charge in [-0.3, -0.25) is 14.9 Å². The van der Waals surface area contributed by atoms with Gasteiger partial charge in [0.25, 0.3) is 0 Å². The van der Waals surface area contributed by atoms with Crippen molar-refractivity contribution in [3.05, 3.63) is 56.1 Å². The number of carbonyl (C=O) groups is 1. The molecule has 1 heterocycles. The molecular formula is C15H14Cl2N4O4. The molecule has 10 heteroatoms. The van der Waals surface area contributed by atoms with Crippen LogP contribution in [0.25, 0.3) is 0 Å². The van der Waals surface area contributed by atoms with Gasteiger partial charge in [-0.2, -0.15) is 0 Å². The third kappa shape index (κ3) is 5.47. The number of hydrogen-bond donors (Lipinski definition) is 3. The van der Waals surface area contributed by atoms with E-state index in [1.807, 2.05) is 0 Å². The Balaban J connectivity index is 2.10. The number of nitrogens with zero attached hydrogens (tertiary/aromatic N) is 2. The number of halogens is 2. The van der Waals surface area contributed by atoms with Gasteiger partial charge in [0, 0.05) is 19.2 Å². The van der Waals surface area contributed by atoms with Gasteiger partial charge in [0.15, 0.2) is 0 Å². The van der Waals surface area contributed by atoms with E-state index in [-0.39, 0.29) is 24.5 Å². The van der Waals surface area contributed by atoms with Crippen LogP contribution in [0.4, 0.5) is 17.3 Å². The lowest BCUT2D eigenvalue weighted by Crippen LogP contribution is -2.11. The fraction of sp³-hybridized carbons (Fsp3) is 0.200. The Bertz CT molecular complexity index is 801. The smallest absolute Gasteiger partial charge is 0.311 e. The van der Waals surface area contributed by atoms with Crippen LogP contribution in [0.3, 0.4) is 0 Å². The predicted octanol–water partition coefficient (Wildman–Crippen LogP) is 3.80. The number of nitrogens with one attached hydrogen (secondary N) is 2. The van der Waals surface area contributed by atoms with E-state index in [1.165, 1.54) is 12.1 Å². The van der Waals surface area contributed by atoms with Crippen LogP contribution in [-0.2, 0) is 11.3 Å². The third-order valence-corrected chi connectivity index (χ3v) is 3.90. The number of benzene rings is 1.